The zero-order valence-corrected chi connectivity index (χ0v) is 17.0. The smallest absolute Gasteiger partial charge is 0.270 e. The number of rotatable bonds is 4. The maximum atomic E-state index is 13.0. The largest absolute Gasteiger partial charge is 0.343 e. The average molecular weight is 382 g/mol. The van der Waals surface area contributed by atoms with Crippen LogP contribution in [0.4, 0.5) is 11.4 Å². The molecule has 0 aliphatic heterocycles. The standard InChI is InChI=1S/C24H22N4O/c1-16-22(19-9-13-21(26-4)14-10-19)17(2)28(23(16)24(29)27(5)6)15-18-7-11-20(25-3)12-8-18/h7-14H,15H2,1-2,5-6H3. The van der Waals surface area contributed by atoms with Crippen LogP contribution in [0.3, 0.4) is 0 Å². The zero-order valence-electron chi connectivity index (χ0n) is 17.0. The van der Waals surface area contributed by atoms with Crippen molar-refractivity contribution in [2.45, 2.75) is 20.4 Å². The summed E-state index contributed by atoms with van der Waals surface area (Å²) in [6.45, 7) is 18.8. The van der Waals surface area contributed by atoms with Gasteiger partial charge in [-0.1, -0.05) is 48.5 Å². The highest BCUT2D eigenvalue weighted by atomic mass is 16.2. The number of carbonyl (C=O) groups is 1. The SMILES string of the molecule is [C-]#[N+]c1ccc(Cn2c(C)c(-c3ccc([N+]#[C-])cc3)c(C)c2C(=O)N(C)C)cc1. The van der Waals surface area contributed by atoms with E-state index in [2.05, 4.69) is 9.69 Å². The summed E-state index contributed by atoms with van der Waals surface area (Å²) in [6, 6.07) is 14.9. The molecule has 0 saturated carbocycles. The maximum Gasteiger partial charge on any atom is 0.270 e. The van der Waals surface area contributed by atoms with E-state index < -0.39 is 0 Å². The van der Waals surface area contributed by atoms with Crippen LogP contribution in [0.2, 0.25) is 0 Å². The highest BCUT2D eigenvalue weighted by Crippen LogP contribution is 2.34. The van der Waals surface area contributed by atoms with Gasteiger partial charge in [0, 0.05) is 31.9 Å². The Morgan fingerprint density at radius 2 is 1.45 bits per heavy atom. The molecule has 1 heterocycles. The maximum absolute atomic E-state index is 13.0. The lowest BCUT2D eigenvalue weighted by molar-refractivity contribution is 0.0816. The molecule has 1 aromatic heterocycles. The van der Waals surface area contributed by atoms with Crippen molar-refractivity contribution in [3.05, 3.63) is 93.9 Å². The second-order valence-electron chi connectivity index (χ2n) is 7.16. The van der Waals surface area contributed by atoms with Crippen molar-refractivity contribution in [1.82, 2.24) is 9.47 Å². The summed E-state index contributed by atoms with van der Waals surface area (Å²) in [7, 11) is 3.51. The fourth-order valence-corrected chi connectivity index (χ4v) is 3.57. The summed E-state index contributed by atoms with van der Waals surface area (Å²) < 4.78 is 2.04. The van der Waals surface area contributed by atoms with E-state index in [9.17, 15) is 4.79 Å². The van der Waals surface area contributed by atoms with Gasteiger partial charge in [0.25, 0.3) is 5.91 Å². The van der Waals surface area contributed by atoms with Gasteiger partial charge < -0.3 is 9.47 Å². The molecule has 0 spiro atoms. The van der Waals surface area contributed by atoms with Gasteiger partial charge in [0.15, 0.2) is 11.4 Å². The molecule has 0 radical (unpaired) electrons. The second kappa shape index (κ2) is 8.04. The molecule has 0 saturated heterocycles. The average Bonchev–Trinajstić information content (AvgIpc) is 2.97. The van der Waals surface area contributed by atoms with Crippen molar-refractivity contribution < 1.29 is 4.79 Å². The summed E-state index contributed by atoms with van der Waals surface area (Å²) >= 11 is 0. The fraction of sp³-hybridized carbons (Fsp3) is 0.208. The Balaban J connectivity index is 2.16. The van der Waals surface area contributed by atoms with Crippen LogP contribution in [-0.4, -0.2) is 29.5 Å². The van der Waals surface area contributed by atoms with Crippen LogP contribution in [0.1, 0.15) is 27.3 Å². The van der Waals surface area contributed by atoms with Crippen LogP contribution in [0.5, 0.6) is 0 Å². The third-order valence-electron chi connectivity index (χ3n) is 5.07. The fourth-order valence-electron chi connectivity index (χ4n) is 3.57. The molecule has 5 nitrogen and oxygen atoms in total. The van der Waals surface area contributed by atoms with Crippen LogP contribution in [0.25, 0.3) is 20.8 Å². The van der Waals surface area contributed by atoms with Crippen LogP contribution in [0.15, 0.2) is 48.5 Å². The van der Waals surface area contributed by atoms with Crippen molar-refractivity contribution in [1.29, 1.82) is 0 Å². The first-order chi connectivity index (χ1) is 13.9. The first kappa shape index (κ1) is 19.9. The lowest BCUT2D eigenvalue weighted by Gasteiger charge is -2.16. The normalized spacial score (nSPS) is 10.3. The van der Waals surface area contributed by atoms with Crippen LogP contribution in [-0.2, 0) is 6.54 Å². The van der Waals surface area contributed by atoms with E-state index in [1.807, 2.05) is 42.7 Å². The number of hydrogen-bond acceptors (Lipinski definition) is 1. The zero-order chi connectivity index (χ0) is 21.1. The molecule has 0 aliphatic carbocycles. The predicted octanol–water partition coefficient (Wildman–Crippen LogP) is 5.62. The molecular weight excluding hydrogens is 360 g/mol. The molecule has 1 amide bonds. The molecule has 0 unspecified atom stereocenters. The summed E-state index contributed by atoms with van der Waals surface area (Å²) in [4.78, 5) is 21.5. The highest BCUT2D eigenvalue weighted by molar-refractivity contribution is 5.97. The predicted molar refractivity (Wildman–Crippen MR) is 115 cm³/mol. The number of nitrogens with zero attached hydrogens (tertiary/aromatic N) is 4. The van der Waals surface area contributed by atoms with E-state index in [0.717, 1.165) is 27.9 Å². The minimum absolute atomic E-state index is 0.0487. The molecule has 0 fully saturated rings. The van der Waals surface area contributed by atoms with E-state index in [1.165, 1.54) is 0 Å². The van der Waals surface area contributed by atoms with Crippen molar-refractivity contribution in [2.75, 3.05) is 14.1 Å². The first-order valence-corrected chi connectivity index (χ1v) is 9.23. The second-order valence-corrected chi connectivity index (χ2v) is 7.16. The number of hydrogen-bond donors (Lipinski definition) is 0. The molecule has 2 aromatic carbocycles. The Bertz CT molecular complexity index is 1140. The molecule has 0 aliphatic rings. The van der Waals surface area contributed by atoms with Gasteiger partial charge in [-0.2, -0.15) is 0 Å². The van der Waals surface area contributed by atoms with E-state index in [0.29, 0.717) is 23.6 Å². The topological polar surface area (TPSA) is 34.0 Å². The van der Waals surface area contributed by atoms with Gasteiger partial charge in [0.1, 0.15) is 5.69 Å². The molecule has 3 aromatic rings. The minimum atomic E-state index is -0.0487. The third kappa shape index (κ3) is 3.77. The summed E-state index contributed by atoms with van der Waals surface area (Å²) in [5.74, 6) is -0.0487. The van der Waals surface area contributed by atoms with E-state index >= 15 is 0 Å². The lowest BCUT2D eigenvalue weighted by Crippen LogP contribution is -2.26. The number of benzene rings is 2. The Hall–Kier alpha value is -3.83. The Morgan fingerprint density at radius 1 is 0.931 bits per heavy atom. The highest BCUT2D eigenvalue weighted by Gasteiger charge is 2.24. The third-order valence-corrected chi connectivity index (χ3v) is 5.07. The molecule has 3 rings (SSSR count). The van der Waals surface area contributed by atoms with Gasteiger partial charge in [-0.05, 0) is 30.5 Å². The first-order valence-electron chi connectivity index (χ1n) is 9.23. The van der Waals surface area contributed by atoms with E-state index in [4.69, 9.17) is 13.1 Å². The number of amides is 1. The number of carbonyl (C=O) groups excluding carboxylic acids is 1. The van der Waals surface area contributed by atoms with Gasteiger partial charge in [0.05, 0.1) is 13.1 Å². The van der Waals surface area contributed by atoms with Crippen LogP contribution < -0.4 is 0 Å². The molecular formula is C24H22N4O. The van der Waals surface area contributed by atoms with Gasteiger partial charge in [-0.3, -0.25) is 4.79 Å². The van der Waals surface area contributed by atoms with Crippen LogP contribution in [0, 0.1) is 27.0 Å². The van der Waals surface area contributed by atoms with E-state index in [1.54, 1.807) is 43.3 Å². The summed E-state index contributed by atoms with van der Waals surface area (Å²) in [5.41, 5.74) is 6.80. The molecule has 5 heteroatoms. The van der Waals surface area contributed by atoms with Crippen molar-refractivity contribution in [3.63, 3.8) is 0 Å². The van der Waals surface area contributed by atoms with Crippen LogP contribution >= 0.6 is 0 Å². The molecule has 0 bridgehead atoms. The van der Waals surface area contributed by atoms with Gasteiger partial charge in [-0.25, -0.2) is 9.69 Å². The van der Waals surface area contributed by atoms with E-state index in [-0.39, 0.29) is 5.91 Å². The Morgan fingerprint density at radius 3 is 1.93 bits per heavy atom. The van der Waals surface area contributed by atoms with Gasteiger partial charge in [0.2, 0.25) is 0 Å². The van der Waals surface area contributed by atoms with Crippen molar-refractivity contribution >= 4 is 17.3 Å². The summed E-state index contributed by atoms with van der Waals surface area (Å²) in [5, 5.41) is 0. The minimum Gasteiger partial charge on any atom is -0.343 e. The van der Waals surface area contributed by atoms with Gasteiger partial charge in [-0.15, -0.1) is 0 Å². The Labute approximate surface area is 171 Å². The Kier molecular flexibility index (Phi) is 5.52. The van der Waals surface area contributed by atoms with Crippen molar-refractivity contribution in [3.8, 4) is 11.1 Å². The molecule has 29 heavy (non-hydrogen) atoms. The molecule has 144 valence electrons. The number of aromatic nitrogens is 1. The lowest BCUT2D eigenvalue weighted by atomic mass is 10.0. The molecule has 0 N–H and O–H groups in total. The van der Waals surface area contributed by atoms with Crippen molar-refractivity contribution in [2.24, 2.45) is 0 Å². The molecule has 0 atom stereocenters. The monoisotopic (exact) mass is 382 g/mol. The quantitative estimate of drug-likeness (QED) is 0.539. The van der Waals surface area contributed by atoms with Gasteiger partial charge >= 0.3 is 0 Å². The summed E-state index contributed by atoms with van der Waals surface area (Å²) in [6.07, 6.45) is 0.